The van der Waals surface area contributed by atoms with Gasteiger partial charge in [-0.2, -0.15) is 5.26 Å². The zero-order valence-electron chi connectivity index (χ0n) is 11.3. The Bertz CT molecular complexity index is 312. The van der Waals surface area contributed by atoms with Crippen LogP contribution in [0.15, 0.2) is 0 Å². The number of nitriles is 1. The maximum Gasteiger partial charge on any atom is 0.251 e. The highest BCUT2D eigenvalue weighted by Gasteiger charge is 2.32. The number of amides is 1. The standard InChI is InChI=1S/C13H23N3O2/c1-10(2)9-16(7-3-6-14)13(17)12-5-4-11(8-15)18-12/h10-12H,3-5,7-9,15H2,1-2H3. The van der Waals surface area contributed by atoms with Gasteiger partial charge in [0.25, 0.3) is 5.91 Å². The van der Waals surface area contributed by atoms with E-state index in [1.54, 1.807) is 4.90 Å². The second kappa shape index (κ2) is 7.34. The van der Waals surface area contributed by atoms with E-state index in [2.05, 4.69) is 19.9 Å². The number of hydrogen-bond donors (Lipinski definition) is 1. The van der Waals surface area contributed by atoms with E-state index in [-0.39, 0.29) is 18.1 Å². The number of rotatable bonds is 6. The summed E-state index contributed by atoms with van der Waals surface area (Å²) in [6.45, 7) is 5.75. The summed E-state index contributed by atoms with van der Waals surface area (Å²) in [4.78, 5) is 14.0. The molecule has 1 fully saturated rings. The lowest BCUT2D eigenvalue weighted by molar-refractivity contribution is -0.143. The fraction of sp³-hybridized carbons (Fsp3) is 0.846. The maximum absolute atomic E-state index is 12.3. The molecule has 2 unspecified atom stereocenters. The Kier molecular flexibility index (Phi) is 6.10. The van der Waals surface area contributed by atoms with Crippen LogP contribution in [0.3, 0.4) is 0 Å². The Hall–Kier alpha value is -1.12. The van der Waals surface area contributed by atoms with Crippen molar-refractivity contribution in [2.45, 2.75) is 45.3 Å². The molecule has 0 aromatic rings. The largest absolute Gasteiger partial charge is 0.364 e. The lowest BCUT2D eigenvalue weighted by Crippen LogP contribution is -2.42. The smallest absolute Gasteiger partial charge is 0.251 e. The highest BCUT2D eigenvalue weighted by atomic mass is 16.5. The first-order chi connectivity index (χ1) is 8.58. The molecule has 1 saturated heterocycles. The molecule has 1 aliphatic rings. The minimum Gasteiger partial charge on any atom is -0.364 e. The van der Waals surface area contributed by atoms with Crippen LogP contribution in [0, 0.1) is 17.2 Å². The summed E-state index contributed by atoms with van der Waals surface area (Å²) in [5.74, 6) is 0.397. The van der Waals surface area contributed by atoms with Crippen LogP contribution >= 0.6 is 0 Å². The van der Waals surface area contributed by atoms with E-state index in [9.17, 15) is 4.79 Å². The Morgan fingerprint density at radius 1 is 1.56 bits per heavy atom. The molecule has 0 aliphatic carbocycles. The Morgan fingerprint density at radius 2 is 2.28 bits per heavy atom. The lowest BCUT2D eigenvalue weighted by Gasteiger charge is -2.26. The average molecular weight is 253 g/mol. The first-order valence-corrected chi connectivity index (χ1v) is 6.59. The predicted octanol–water partition coefficient (Wildman–Crippen LogP) is 0.891. The third-order valence-electron chi connectivity index (χ3n) is 3.04. The summed E-state index contributed by atoms with van der Waals surface area (Å²) in [5.41, 5.74) is 5.54. The van der Waals surface area contributed by atoms with Crippen LogP contribution in [-0.2, 0) is 9.53 Å². The molecule has 18 heavy (non-hydrogen) atoms. The molecule has 1 rings (SSSR count). The molecule has 0 aromatic carbocycles. The Morgan fingerprint density at radius 3 is 2.78 bits per heavy atom. The molecule has 1 aliphatic heterocycles. The molecule has 1 heterocycles. The van der Waals surface area contributed by atoms with E-state index in [0.717, 1.165) is 12.8 Å². The second-order valence-corrected chi connectivity index (χ2v) is 5.15. The number of carbonyl (C=O) groups excluding carboxylic acids is 1. The van der Waals surface area contributed by atoms with Crippen molar-refractivity contribution in [3.8, 4) is 6.07 Å². The number of ether oxygens (including phenoxy) is 1. The summed E-state index contributed by atoms with van der Waals surface area (Å²) in [6, 6.07) is 2.08. The van der Waals surface area contributed by atoms with Gasteiger partial charge in [-0.1, -0.05) is 13.8 Å². The van der Waals surface area contributed by atoms with Crippen molar-refractivity contribution < 1.29 is 9.53 Å². The molecule has 0 spiro atoms. The molecule has 5 nitrogen and oxygen atoms in total. The van der Waals surface area contributed by atoms with Gasteiger partial charge in [-0.25, -0.2) is 0 Å². The van der Waals surface area contributed by atoms with Crippen molar-refractivity contribution >= 4 is 5.91 Å². The summed E-state index contributed by atoms with van der Waals surface area (Å²) in [6.07, 6.45) is 1.60. The Balaban J connectivity index is 2.56. The normalized spacial score (nSPS) is 23.1. The molecule has 2 N–H and O–H groups in total. The first-order valence-electron chi connectivity index (χ1n) is 6.59. The number of nitrogens with zero attached hydrogens (tertiary/aromatic N) is 2. The van der Waals surface area contributed by atoms with Gasteiger partial charge in [0.2, 0.25) is 0 Å². The Labute approximate surface area is 109 Å². The molecule has 0 radical (unpaired) electrons. The van der Waals surface area contributed by atoms with Crippen LogP contribution in [-0.4, -0.2) is 42.6 Å². The molecule has 0 bridgehead atoms. The number of nitrogens with two attached hydrogens (primary N) is 1. The summed E-state index contributed by atoms with van der Waals surface area (Å²) in [5, 5.41) is 8.64. The van der Waals surface area contributed by atoms with Crippen LogP contribution in [0.4, 0.5) is 0 Å². The van der Waals surface area contributed by atoms with Crippen LogP contribution in [0.1, 0.15) is 33.1 Å². The molecular weight excluding hydrogens is 230 g/mol. The van der Waals surface area contributed by atoms with Gasteiger partial charge in [-0.05, 0) is 18.8 Å². The second-order valence-electron chi connectivity index (χ2n) is 5.15. The van der Waals surface area contributed by atoms with Gasteiger partial charge in [0, 0.05) is 19.6 Å². The monoisotopic (exact) mass is 253 g/mol. The van der Waals surface area contributed by atoms with Gasteiger partial charge in [-0.15, -0.1) is 0 Å². The van der Waals surface area contributed by atoms with Crippen LogP contribution in [0.2, 0.25) is 0 Å². The van der Waals surface area contributed by atoms with Crippen LogP contribution in [0.25, 0.3) is 0 Å². The van der Waals surface area contributed by atoms with Gasteiger partial charge >= 0.3 is 0 Å². The first kappa shape index (κ1) is 14.9. The lowest BCUT2D eigenvalue weighted by atomic mass is 10.1. The highest BCUT2D eigenvalue weighted by Crippen LogP contribution is 2.21. The fourth-order valence-electron chi connectivity index (χ4n) is 2.18. The summed E-state index contributed by atoms with van der Waals surface area (Å²) < 4.78 is 5.62. The zero-order valence-corrected chi connectivity index (χ0v) is 11.3. The van der Waals surface area contributed by atoms with Gasteiger partial charge in [-0.3, -0.25) is 4.79 Å². The third kappa shape index (κ3) is 4.28. The third-order valence-corrected chi connectivity index (χ3v) is 3.04. The zero-order chi connectivity index (χ0) is 13.5. The molecule has 0 aromatic heterocycles. The maximum atomic E-state index is 12.3. The van der Waals surface area contributed by atoms with Crippen LogP contribution in [0.5, 0.6) is 0 Å². The van der Waals surface area contributed by atoms with E-state index in [4.69, 9.17) is 15.7 Å². The van der Waals surface area contributed by atoms with Crippen molar-refractivity contribution in [3.63, 3.8) is 0 Å². The SMILES string of the molecule is CC(C)CN(CCC#N)C(=O)C1CCC(CN)O1. The minimum absolute atomic E-state index is 0.00917. The number of hydrogen-bond acceptors (Lipinski definition) is 4. The molecule has 102 valence electrons. The average Bonchev–Trinajstić information content (AvgIpc) is 2.81. The van der Waals surface area contributed by atoms with Crippen molar-refractivity contribution in [2.75, 3.05) is 19.6 Å². The fourth-order valence-corrected chi connectivity index (χ4v) is 2.18. The highest BCUT2D eigenvalue weighted by molar-refractivity contribution is 5.81. The topological polar surface area (TPSA) is 79.4 Å². The van der Waals surface area contributed by atoms with E-state index >= 15 is 0 Å². The number of carbonyl (C=O) groups is 1. The molecular formula is C13H23N3O2. The van der Waals surface area contributed by atoms with E-state index < -0.39 is 0 Å². The minimum atomic E-state index is -0.365. The van der Waals surface area contributed by atoms with E-state index in [0.29, 0.717) is 32.0 Å². The van der Waals surface area contributed by atoms with Gasteiger partial charge in [0.05, 0.1) is 18.6 Å². The van der Waals surface area contributed by atoms with Crippen molar-refractivity contribution in [1.29, 1.82) is 5.26 Å². The molecule has 0 saturated carbocycles. The van der Waals surface area contributed by atoms with E-state index in [1.165, 1.54) is 0 Å². The van der Waals surface area contributed by atoms with Gasteiger partial charge < -0.3 is 15.4 Å². The quantitative estimate of drug-likeness (QED) is 0.762. The van der Waals surface area contributed by atoms with Crippen LogP contribution < -0.4 is 5.73 Å². The van der Waals surface area contributed by atoms with Gasteiger partial charge in [0.15, 0.2) is 0 Å². The molecule has 2 atom stereocenters. The summed E-state index contributed by atoms with van der Waals surface area (Å²) in [7, 11) is 0. The van der Waals surface area contributed by atoms with Crippen molar-refractivity contribution in [2.24, 2.45) is 11.7 Å². The van der Waals surface area contributed by atoms with Crippen molar-refractivity contribution in [1.82, 2.24) is 4.90 Å². The van der Waals surface area contributed by atoms with E-state index in [1.807, 2.05) is 0 Å². The summed E-state index contributed by atoms with van der Waals surface area (Å²) >= 11 is 0. The van der Waals surface area contributed by atoms with Gasteiger partial charge in [0.1, 0.15) is 6.10 Å². The van der Waals surface area contributed by atoms with Crippen molar-refractivity contribution in [3.05, 3.63) is 0 Å². The molecule has 1 amide bonds. The molecule has 5 heteroatoms. The predicted molar refractivity (Wildman–Crippen MR) is 68.6 cm³/mol.